The largest absolute Gasteiger partial charge is 0.346 e. The van der Waals surface area contributed by atoms with Crippen LogP contribution in [0, 0.1) is 5.92 Å². The number of hydrogen-bond donors (Lipinski definition) is 2. The third kappa shape index (κ3) is 3.78. The summed E-state index contributed by atoms with van der Waals surface area (Å²) in [6.45, 7) is 5.79. The highest BCUT2D eigenvalue weighted by atomic mass is 16.1. The Morgan fingerprint density at radius 2 is 2.14 bits per heavy atom. The number of rotatable bonds is 5. The van der Waals surface area contributed by atoms with Crippen LogP contribution in [-0.4, -0.2) is 15.9 Å². The van der Waals surface area contributed by atoms with Crippen molar-refractivity contribution < 1.29 is 4.79 Å². The maximum absolute atomic E-state index is 11.8. The Bertz CT molecular complexity index is 664. The van der Waals surface area contributed by atoms with Gasteiger partial charge < -0.3 is 10.6 Å². The van der Waals surface area contributed by atoms with E-state index >= 15 is 0 Å². The lowest BCUT2D eigenvalue weighted by Gasteiger charge is -2.10. The number of anilines is 2. The van der Waals surface area contributed by atoms with E-state index in [1.807, 2.05) is 44.3 Å². The highest BCUT2D eigenvalue weighted by Crippen LogP contribution is 2.23. The molecule has 0 atom stereocenters. The summed E-state index contributed by atoms with van der Waals surface area (Å²) in [6, 6.07) is 5.61. The molecule has 0 saturated heterocycles. The fourth-order valence-electron chi connectivity index (χ4n) is 1.79. The van der Waals surface area contributed by atoms with Gasteiger partial charge in [0.1, 0.15) is 12.1 Å². The Kier molecular flexibility index (Phi) is 4.87. The van der Waals surface area contributed by atoms with Crippen LogP contribution < -0.4 is 10.6 Å². The lowest BCUT2D eigenvalue weighted by molar-refractivity contribution is -0.118. The summed E-state index contributed by atoms with van der Waals surface area (Å²) < 4.78 is 0. The molecule has 0 aliphatic heterocycles. The van der Waals surface area contributed by atoms with E-state index in [1.54, 1.807) is 0 Å². The van der Waals surface area contributed by atoms with Crippen LogP contribution in [0.3, 0.4) is 0 Å². The summed E-state index contributed by atoms with van der Waals surface area (Å²) in [7, 11) is 0. The SMILES string of the molecule is CCC=CNc1ncnc2ccc(NC(=O)C(C)C)cc12. The second kappa shape index (κ2) is 6.83. The summed E-state index contributed by atoms with van der Waals surface area (Å²) >= 11 is 0. The summed E-state index contributed by atoms with van der Waals surface area (Å²) in [5, 5.41) is 6.91. The molecule has 2 aromatic rings. The van der Waals surface area contributed by atoms with Gasteiger partial charge in [-0.2, -0.15) is 0 Å². The molecule has 0 unspecified atom stereocenters. The second-order valence-electron chi connectivity index (χ2n) is 5.05. The van der Waals surface area contributed by atoms with Gasteiger partial charge in [-0.15, -0.1) is 0 Å². The number of allylic oxidation sites excluding steroid dienone is 1. The molecule has 1 aromatic heterocycles. The van der Waals surface area contributed by atoms with Crippen molar-refractivity contribution in [3.63, 3.8) is 0 Å². The number of hydrogen-bond acceptors (Lipinski definition) is 4. The molecule has 1 aromatic carbocycles. The summed E-state index contributed by atoms with van der Waals surface area (Å²) in [6.07, 6.45) is 6.35. The van der Waals surface area contributed by atoms with Gasteiger partial charge in [0, 0.05) is 17.0 Å². The quantitative estimate of drug-likeness (QED) is 0.881. The van der Waals surface area contributed by atoms with Crippen LogP contribution in [0.15, 0.2) is 36.8 Å². The zero-order valence-corrected chi connectivity index (χ0v) is 12.6. The number of fused-ring (bicyclic) bond motifs is 1. The molecule has 21 heavy (non-hydrogen) atoms. The summed E-state index contributed by atoms with van der Waals surface area (Å²) in [5.41, 5.74) is 1.58. The molecule has 2 rings (SSSR count). The standard InChI is InChI=1S/C16H20N4O/c1-4-5-8-17-15-13-9-12(20-16(21)11(2)3)6-7-14(13)18-10-19-15/h5-11H,4H2,1-3H3,(H,20,21)(H,17,18,19). The van der Waals surface area contributed by atoms with Crippen LogP contribution >= 0.6 is 0 Å². The molecule has 1 amide bonds. The molecule has 0 bridgehead atoms. The van der Waals surface area contributed by atoms with Gasteiger partial charge in [-0.1, -0.05) is 26.8 Å². The fraction of sp³-hybridized carbons (Fsp3) is 0.312. The van der Waals surface area contributed by atoms with Gasteiger partial charge in [-0.3, -0.25) is 4.79 Å². The molecule has 0 aliphatic carbocycles. The molecule has 5 heteroatoms. The number of nitrogens with one attached hydrogen (secondary N) is 2. The van der Waals surface area contributed by atoms with Gasteiger partial charge in [-0.05, 0) is 30.8 Å². The van der Waals surface area contributed by atoms with Crippen molar-refractivity contribution in [2.45, 2.75) is 27.2 Å². The van der Waals surface area contributed by atoms with Crippen molar-refractivity contribution in [1.82, 2.24) is 9.97 Å². The Morgan fingerprint density at radius 3 is 2.86 bits per heavy atom. The number of carbonyl (C=O) groups excluding carboxylic acids is 1. The van der Waals surface area contributed by atoms with E-state index in [-0.39, 0.29) is 11.8 Å². The van der Waals surface area contributed by atoms with E-state index in [2.05, 4.69) is 27.5 Å². The average Bonchev–Trinajstić information content (AvgIpc) is 2.47. The van der Waals surface area contributed by atoms with Crippen LogP contribution in [0.5, 0.6) is 0 Å². The fourth-order valence-corrected chi connectivity index (χ4v) is 1.79. The van der Waals surface area contributed by atoms with Crippen molar-refractivity contribution >= 4 is 28.3 Å². The molecule has 0 fully saturated rings. The smallest absolute Gasteiger partial charge is 0.226 e. The maximum Gasteiger partial charge on any atom is 0.226 e. The highest BCUT2D eigenvalue weighted by molar-refractivity contribution is 5.97. The van der Waals surface area contributed by atoms with Crippen LogP contribution in [0.1, 0.15) is 27.2 Å². The van der Waals surface area contributed by atoms with Crippen molar-refractivity contribution in [3.8, 4) is 0 Å². The average molecular weight is 284 g/mol. The van der Waals surface area contributed by atoms with Gasteiger partial charge in [0.2, 0.25) is 5.91 Å². The third-order valence-electron chi connectivity index (χ3n) is 3.00. The van der Waals surface area contributed by atoms with Crippen molar-refractivity contribution in [2.75, 3.05) is 10.6 Å². The minimum Gasteiger partial charge on any atom is -0.346 e. The lowest BCUT2D eigenvalue weighted by Crippen LogP contribution is -2.17. The molecule has 2 N–H and O–H groups in total. The van der Waals surface area contributed by atoms with Crippen molar-refractivity contribution in [2.24, 2.45) is 5.92 Å². The molecule has 0 saturated carbocycles. The van der Waals surface area contributed by atoms with Gasteiger partial charge in [0.15, 0.2) is 0 Å². The molecular weight excluding hydrogens is 264 g/mol. The van der Waals surface area contributed by atoms with E-state index in [0.29, 0.717) is 0 Å². The second-order valence-corrected chi connectivity index (χ2v) is 5.05. The van der Waals surface area contributed by atoms with Crippen molar-refractivity contribution in [3.05, 3.63) is 36.8 Å². The van der Waals surface area contributed by atoms with E-state index < -0.39 is 0 Å². The molecule has 0 aliphatic rings. The normalized spacial score (nSPS) is 11.2. The Balaban J connectivity index is 2.33. The first-order valence-electron chi connectivity index (χ1n) is 7.09. The van der Waals surface area contributed by atoms with E-state index in [1.165, 1.54) is 6.33 Å². The monoisotopic (exact) mass is 284 g/mol. The summed E-state index contributed by atoms with van der Waals surface area (Å²) in [5.74, 6) is 0.662. The molecule has 5 nitrogen and oxygen atoms in total. The van der Waals surface area contributed by atoms with Gasteiger partial charge in [0.05, 0.1) is 5.52 Å². The zero-order chi connectivity index (χ0) is 15.2. The van der Waals surface area contributed by atoms with Gasteiger partial charge >= 0.3 is 0 Å². The van der Waals surface area contributed by atoms with Crippen LogP contribution in [0.25, 0.3) is 10.9 Å². The highest BCUT2D eigenvalue weighted by Gasteiger charge is 2.09. The molecule has 1 heterocycles. The Morgan fingerprint density at radius 1 is 1.33 bits per heavy atom. The van der Waals surface area contributed by atoms with Gasteiger partial charge in [0.25, 0.3) is 0 Å². The molecular formula is C16H20N4O. The minimum absolute atomic E-state index is 0.00779. The Labute approximate surface area is 124 Å². The first-order valence-corrected chi connectivity index (χ1v) is 7.09. The molecule has 0 radical (unpaired) electrons. The Hall–Kier alpha value is -2.43. The van der Waals surface area contributed by atoms with E-state index in [9.17, 15) is 4.79 Å². The van der Waals surface area contributed by atoms with E-state index in [4.69, 9.17) is 0 Å². The van der Waals surface area contributed by atoms with E-state index in [0.717, 1.165) is 28.8 Å². The third-order valence-corrected chi connectivity index (χ3v) is 3.00. The first kappa shape index (κ1) is 15.0. The predicted molar refractivity (Wildman–Crippen MR) is 86.1 cm³/mol. The number of amides is 1. The van der Waals surface area contributed by atoms with Crippen LogP contribution in [0.4, 0.5) is 11.5 Å². The van der Waals surface area contributed by atoms with Gasteiger partial charge in [-0.25, -0.2) is 9.97 Å². The number of nitrogens with zero attached hydrogens (tertiary/aromatic N) is 2. The number of benzene rings is 1. The predicted octanol–water partition coefficient (Wildman–Crippen LogP) is 3.56. The molecule has 0 spiro atoms. The molecule has 110 valence electrons. The first-order chi connectivity index (χ1) is 10.1. The minimum atomic E-state index is -0.0576. The zero-order valence-electron chi connectivity index (χ0n) is 12.6. The number of carbonyl (C=O) groups is 1. The lowest BCUT2D eigenvalue weighted by atomic mass is 10.1. The topological polar surface area (TPSA) is 66.9 Å². The van der Waals surface area contributed by atoms with Crippen LogP contribution in [-0.2, 0) is 4.79 Å². The summed E-state index contributed by atoms with van der Waals surface area (Å²) in [4.78, 5) is 20.3. The maximum atomic E-state index is 11.8. The number of aromatic nitrogens is 2. The van der Waals surface area contributed by atoms with Crippen molar-refractivity contribution in [1.29, 1.82) is 0 Å². The van der Waals surface area contributed by atoms with Crippen LogP contribution in [0.2, 0.25) is 0 Å².